The van der Waals surface area contributed by atoms with Crippen molar-refractivity contribution in [2.24, 2.45) is 4.99 Å². The second-order valence-corrected chi connectivity index (χ2v) is 6.34. The van der Waals surface area contributed by atoms with Gasteiger partial charge in [0.25, 0.3) is 0 Å². The highest BCUT2D eigenvalue weighted by Crippen LogP contribution is 2.06. The second kappa shape index (κ2) is 13.7. The minimum absolute atomic E-state index is 0. The monoisotopic (exact) mass is 482 g/mol. The molecule has 0 aliphatic heterocycles. The molecule has 0 bridgehead atoms. The third kappa shape index (κ3) is 12.8. The van der Waals surface area contributed by atoms with Crippen LogP contribution in [-0.4, -0.2) is 50.9 Å². The summed E-state index contributed by atoms with van der Waals surface area (Å²) in [6, 6.07) is 3.73. The molecule has 9 heteroatoms. The Morgan fingerprint density at radius 3 is 2.50 bits per heavy atom. The van der Waals surface area contributed by atoms with Crippen molar-refractivity contribution < 1.29 is 18.7 Å². The van der Waals surface area contributed by atoms with Gasteiger partial charge in [0.2, 0.25) is 0 Å². The maximum atomic E-state index is 11.5. The molecule has 0 atom stereocenters. The van der Waals surface area contributed by atoms with E-state index in [0.29, 0.717) is 32.3 Å². The summed E-state index contributed by atoms with van der Waals surface area (Å²) >= 11 is 0. The van der Waals surface area contributed by atoms with E-state index >= 15 is 0 Å². The molecule has 0 aromatic carbocycles. The fraction of sp³-hybridized carbons (Fsp3) is 0.647. The van der Waals surface area contributed by atoms with Crippen molar-refractivity contribution in [2.45, 2.75) is 39.4 Å². The van der Waals surface area contributed by atoms with Gasteiger partial charge in [-0.25, -0.2) is 4.79 Å². The average Bonchev–Trinajstić information content (AvgIpc) is 3.04. The molecule has 26 heavy (non-hydrogen) atoms. The molecular formula is C17H31IN4O4. The first-order chi connectivity index (χ1) is 11.9. The Bertz CT molecular complexity index is 515. The molecule has 0 spiro atoms. The second-order valence-electron chi connectivity index (χ2n) is 6.34. The number of carbonyl (C=O) groups is 1. The van der Waals surface area contributed by atoms with Gasteiger partial charge in [-0.2, -0.15) is 0 Å². The molecule has 1 amide bonds. The number of hydrogen-bond donors (Lipinski definition) is 3. The number of carbonyl (C=O) groups excluding carboxylic acids is 1. The lowest BCUT2D eigenvalue weighted by molar-refractivity contribution is 0.0529. The van der Waals surface area contributed by atoms with Crippen molar-refractivity contribution >= 4 is 36.0 Å². The summed E-state index contributed by atoms with van der Waals surface area (Å²) in [5.74, 6) is 1.50. The Morgan fingerprint density at radius 1 is 1.19 bits per heavy atom. The number of amides is 1. The Morgan fingerprint density at radius 2 is 1.88 bits per heavy atom. The number of rotatable bonds is 9. The number of guanidine groups is 1. The van der Waals surface area contributed by atoms with Crippen LogP contribution in [0, 0.1) is 0 Å². The lowest BCUT2D eigenvalue weighted by Crippen LogP contribution is -2.42. The molecule has 0 saturated carbocycles. The van der Waals surface area contributed by atoms with Gasteiger partial charge in [0.05, 0.1) is 6.26 Å². The summed E-state index contributed by atoms with van der Waals surface area (Å²) < 4.78 is 15.8. The van der Waals surface area contributed by atoms with E-state index in [9.17, 15) is 4.79 Å². The van der Waals surface area contributed by atoms with Crippen LogP contribution in [0.2, 0.25) is 0 Å². The summed E-state index contributed by atoms with van der Waals surface area (Å²) in [6.07, 6.45) is 2.05. The van der Waals surface area contributed by atoms with Gasteiger partial charge < -0.3 is 29.8 Å². The van der Waals surface area contributed by atoms with Crippen molar-refractivity contribution in [3.8, 4) is 0 Å². The Kier molecular flexibility index (Phi) is 12.9. The summed E-state index contributed by atoms with van der Waals surface area (Å²) in [4.78, 5) is 15.6. The first-order valence-electron chi connectivity index (χ1n) is 8.42. The average molecular weight is 482 g/mol. The highest BCUT2D eigenvalue weighted by molar-refractivity contribution is 14.0. The van der Waals surface area contributed by atoms with Crippen LogP contribution < -0.4 is 16.0 Å². The fourth-order valence-electron chi connectivity index (χ4n) is 1.83. The third-order valence-corrected chi connectivity index (χ3v) is 2.89. The highest BCUT2D eigenvalue weighted by Gasteiger charge is 2.15. The van der Waals surface area contributed by atoms with E-state index in [4.69, 9.17) is 13.9 Å². The topological polar surface area (TPSA) is 97.1 Å². The van der Waals surface area contributed by atoms with Gasteiger partial charge in [0.15, 0.2) is 5.96 Å². The SMILES string of the molecule is CN=C(NCCCOCc1ccco1)NCCNC(=O)OC(C)(C)C.I. The molecule has 1 rings (SSSR count). The van der Waals surface area contributed by atoms with Crippen LogP contribution in [0.1, 0.15) is 33.0 Å². The minimum atomic E-state index is -0.492. The van der Waals surface area contributed by atoms with Gasteiger partial charge in [-0.1, -0.05) is 0 Å². The van der Waals surface area contributed by atoms with E-state index < -0.39 is 11.7 Å². The lowest BCUT2D eigenvalue weighted by Gasteiger charge is -2.19. The maximum Gasteiger partial charge on any atom is 0.407 e. The van der Waals surface area contributed by atoms with Crippen molar-refractivity contribution in [3.05, 3.63) is 24.2 Å². The standard InChI is InChI=1S/C17H30N4O4.HI/c1-17(2,3)25-16(22)21-10-9-20-15(18-4)19-8-6-11-23-13-14-7-5-12-24-14;/h5,7,12H,6,8-11,13H2,1-4H3,(H,21,22)(H2,18,19,20);1H. The molecule has 0 aliphatic carbocycles. The summed E-state index contributed by atoms with van der Waals surface area (Å²) in [6.45, 7) is 8.33. The molecule has 3 N–H and O–H groups in total. The molecule has 1 aromatic heterocycles. The zero-order chi connectivity index (χ0) is 18.5. The van der Waals surface area contributed by atoms with Crippen molar-refractivity contribution in [3.63, 3.8) is 0 Å². The fourth-order valence-corrected chi connectivity index (χ4v) is 1.83. The van der Waals surface area contributed by atoms with Gasteiger partial charge >= 0.3 is 6.09 Å². The highest BCUT2D eigenvalue weighted by atomic mass is 127. The van der Waals surface area contributed by atoms with E-state index in [0.717, 1.165) is 18.7 Å². The largest absolute Gasteiger partial charge is 0.467 e. The van der Waals surface area contributed by atoms with Crippen LogP contribution in [0.15, 0.2) is 27.8 Å². The number of nitrogens with one attached hydrogen (secondary N) is 3. The predicted octanol–water partition coefficient (Wildman–Crippen LogP) is 2.49. The Balaban J connectivity index is 0.00000625. The lowest BCUT2D eigenvalue weighted by atomic mass is 10.2. The normalized spacial score (nSPS) is 11.5. The molecule has 0 saturated heterocycles. The first-order valence-corrected chi connectivity index (χ1v) is 8.42. The summed E-state index contributed by atoms with van der Waals surface area (Å²) in [7, 11) is 1.70. The van der Waals surface area contributed by atoms with E-state index in [1.54, 1.807) is 13.3 Å². The van der Waals surface area contributed by atoms with Gasteiger partial charge in [0, 0.05) is 33.3 Å². The summed E-state index contributed by atoms with van der Waals surface area (Å²) in [5.41, 5.74) is -0.492. The molecule has 0 unspecified atom stereocenters. The van der Waals surface area contributed by atoms with Gasteiger partial charge in [-0.15, -0.1) is 24.0 Å². The van der Waals surface area contributed by atoms with Crippen molar-refractivity contribution in [1.82, 2.24) is 16.0 Å². The minimum Gasteiger partial charge on any atom is -0.467 e. The van der Waals surface area contributed by atoms with Crippen LogP contribution >= 0.6 is 24.0 Å². The van der Waals surface area contributed by atoms with Crippen LogP contribution in [0.3, 0.4) is 0 Å². The van der Waals surface area contributed by atoms with Crippen LogP contribution in [0.4, 0.5) is 4.79 Å². The number of ether oxygens (including phenoxy) is 2. The molecule has 150 valence electrons. The molecule has 1 heterocycles. The molecule has 0 radical (unpaired) electrons. The molecule has 8 nitrogen and oxygen atoms in total. The Hall–Kier alpha value is -1.49. The van der Waals surface area contributed by atoms with Gasteiger partial charge in [0.1, 0.15) is 18.0 Å². The number of halogens is 1. The van der Waals surface area contributed by atoms with Gasteiger partial charge in [-0.3, -0.25) is 4.99 Å². The molecule has 0 fully saturated rings. The molecule has 0 aliphatic rings. The van der Waals surface area contributed by atoms with E-state index in [2.05, 4.69) is 20.9 Å². The molecular weight excluding hydrogens is 451 g/mol. The number of furan rings is 1. The first kappa shape index (κ1) is 24.5. The third-order valence-electron chi connectivity index (χ3n) is 2.89. The predicted molar refractivity (Wildman–Crippen MR) is 112 cm³/mol. The van der Waals surface area contributed by atoms with Crippen LogP contribution in [-0.2, 0) is 16.1 Å². The number of nitrogens with zero attached hydrogens (tertiary/aromatic N) is 1. The van der Waals surface area contributed by atoms with Crippen LogP contribution in [0.5, 0.6) is 0 Å². The number of alkyl carbamates (subject to hydrolysis) is 1. The smallest absolute Gasteiger partial charge is 0.407 e. The zero-order valence-electron chi connectivity index (χ0n) is 16.0. The maximum absolute atomic E-state index is 11.5. The Labute approximate surface area is 172 Å². The summed E-state index contributed by atoms with van der Waals surface area (Å²) in [5, 5.41) is 8.98. The van der Waals surface area contributed by atoms with E-state index in [1.807, 2.05) is 32.9 Å². The van der Waals surface area contributed by atoms with E-state index in [-0.39, 0.29) is 24.0 Å². The molecule has 1 aromatic rings. The zero-order valence-corrected chi connectivity index (χ0v) is 18.3. The van der Waals surface area contributed by atoms with Crippen LogP contribution in [0.25, 0.3) is 0 Å². The van der Waals surface area contributed by atoms with E-state index in [1.165, 1.54) is 0 Å². The number of aliphatic imine (C=N–C) groups is 1. The quantitative estimate of drug-likeness (QED) is 0.217. The van der Waals surface area contributed by atoms with Crippen molar-refractivity contribution in [1.29, 1.82) is 0 Å². The van der Waals surface area contributed by atoms with Gasteiger partial charge in [-0.05, 0) is 39.3 Å². The van der Waals surface area contributed by atoms with Crippen molar-refractivity contribution in [2.75, 3.05) is 33.3 Å². The number of hydrogen-bond acceptors (Lipinski definition) is 5.